The van der Waals surface area contributed by atoms with Gasteiger partial charge in [-0.1, -0.05) is 18.2 Å². The first-order chi connectivity index (χ1) is 15.9. The van der Waals surface area contributed by atoms with E-state index >= 15 is 0 Å². The number of rotatable bonds is 3. The topological polar surface area (TPSA) is 69.2 Å². The number of hydrogen-bond acceptors (Lipinski definition) is 5. The minimum atomic E-state index is -0.771. The number of quaternary nitrogens is 1. The molecule has 170 valence electrons. The van der Waals surface area contributed by atoms with Gasteiger partial charge in [0.2, 0.25) is 0 Å². The molecule has 2 aromatic heterocycles. The van der Waals surface area contributed by atoms with Crippen molar-refractivity contribution in [1.82, 2.24) is 14.9 Å². The van der Waals surface area contributed by atoms with E-state index in [-0.39, 0.29) is 31.5 Å². The predicted octanol–water partition coefficient (Wildman–Crippen LogP) is 4.14. The second kappa shape index (κ2) is 9.06. The van der Waals surface area contributed by atoms with Crippen LogP contribution < -0.4 is 0 Å². The van der Waals surface area contributed by atoms with Crippen LogP contribution in [0.15, 0.2) is 59.5 Å². The standard InChI is InChI=1S/C26H27BrN4O2/c1-18-3-2-4-23-22(18)6-5-20-16-21(27)17-29-25(20)26(23)30-11-13-31(33,14-12-30)24(32)15-19-7-9-28-10-8-19/h2-4,7-10,16-17,26H,5-6,11-15H2,1H3. The van der Waals surface area contributed by atoms with Crippen molar-refractivity contribution in [3.63, 3.8) is 0 Å². The van der Waals surface area contributed by atoms with Gasteiger partial charge in [-0.2, -0.15) is 0 Å². The maximum Gasteiger partial charge on any atom is 0.318 e. The van der Waals surface area contributed by atoms with E-state index in [4.69, 9.17) is 4.98 Å². The fourth-order valence-electron chi connectivity index (χ4n) is 5.17. The summed E-state index contributed by atoms with van der Waals surface area (Å²) in [5, 5.41) is 13.4. The number of aryl methyl sites for hydroxylation is 2. The monoisotopic (exact) mass is 506 g/mol. The molecule has 3 heterocycles. The van der Waals surface area contributed by atoms with Crippen LogP contribution in [0.2, 0.25) is 0 Å². The zero-order valence-corrected chi connectivity index (χ0v) is 20.3. The van der Waals surface area contributed by atoms with E-state index in [1.165, 1.54) is 22.3 Å². The van der Waals surface area contributed by atoms with Crippen LogP contribution in [0.25, 0.3) is 0 Å². The first-order valence-corrected chi connectivity index (χ1v) is 12.2. The average Bonchev–Trinajstić information content (AvgIpc) is 2.98. The van der Waals surface area contributed by atoms with Gasteiger partial charge in [0.05, 0.1) is 31.2 Å². The molecular formula is C26H27BrN4O2. The van der Waals surface area contributed by atoms with Gasteiger partial charge in [-0.25, -0.2) is 4.79 Å². The lowest BCUT2D eigenvalue weighted by Gasteiger charge is -2.47. The molecule has 0 bridgehead atoms. The third kappa shape index (κ3) is 4.38. The Bertz CT molecular complexity index is 1180. The number of fused-ring (bicyclic) bond motifs is 2. The number of amides is 1. The van der Waals surface area contributed by atoms with Crippen LogP contribution in [0.3, 0.4) is 0 Å². The fourth-order valence-corrected chi connectivity index (χ4v) is 5.55. The van der Waals surface area contributed by atoms with Crippen molar-refractivity contribution in [3.05, 3.63) is 98.2 Å². The molecule has 33 heavy (non-hydrogen) atoms. The van der Waals surface area contributed by atoms with Crippen molar-refractivity contribution in [2.45, 2.75) is 32.2 Å². The molecule has 7 heteroatoms. The van der Waals surface area contributed by atoms with Crippen molar-refractivity contribution < 1.29 is 9.44 Å². The van der Waals surface area contributed by atoms with Crippen LogP contribution in [0.5, 0.6) is 0 Å². The lowest BCUT2D eigenvalue weighted by molar-refractivity contribution is -0.810. The number of benzene rings is 1. The number of halogens is 1. The van der Waals surface area contributed by atoms with Crippen LogP contribution >= 0.6 is 15.9 Å². The number of carbonyl (C=O) groups is 1. The van der Waals surface area contributed by atoms with Gasteiger partial charge < -0.3 is 5.21 Å². The van der Waals surface area contributed by atoms with Gasteiger partial charge in [-0.3, -0.25) is 19.5 Å². The maximum absolute atomic E-state index is 13.4. The molecule has 1 atom stereocenters. The smallest absolute Gasteiger partial charge is 0.318 e. The lowest BCUT2D eigenvalue weighted by atomic mass is 9.93. The van der Waals surface area contributed by atoms with Crippen LogP contribution in [0, 0.1) is 12.1 Å². The Balaban J connectivity index is 1.42. The summed E-state index contributed by atoms with van der Waals surface area (Å²) >= 11 is 3.58. The number of pyridine rings is 2. The van der Waals surface area contributed by atoms with Crippen molar-refractivity contribution in [2.75, 3.05) is 26.2 Å². The van der Waals surface area contributed by atoms with Gasteiger partial charge in [0.25, 0.3) is 0 Å². The van der Waals surface area contributed by atoms with E-state index in [2.05, 4.69) is 57.0 Å². The second-order valence-corrected chi connectivity index (χ2v) is 9.96. The summed E-state index contributed by atoms with van der Waals surface area (Å²) in [6.07, 6.45) is 7.24. The summed E-state index contributed by atoms with van der Waals surface area (Å²) in [4.78, 5) is 24.1. The molecule has 1 saturated heterocycles. The van der Waals surface area contributed by atoms with Crippen LogP contribution in [-0.2, 0) is 24.1 Å². The molecule has 1 unspecified atom stereocenters. The molecule has 1 aliphatic heterocycles. The molecule has 1 aliphatic carbocycles. The minimum Gasteiger partial charge on any atom is -0.625 e. The zero-order chi connectivity index (χ0) is 23.0. The van der Waals surface area contributed by atoms with Gasteiger partial charge in [0, 0.05) is 36.2 Å². The van der Waals surface area contributed by atoms with Crippen molar-refractivity contribution in [3.8, 4) is 0 Å². The molecule has 1 fully saturated rings. The van der Waals surface area contributed by atoms with E-state index in [1.807, 2.05) is 6.20 Å². The Labute approximate surface area is 202 Å². The average molecular weight is 507 g/mol. The molecule has 5 rings (SSSR count). The Morgan fingerprint density at radius 2 is 1.94 bits per heavy atom. The second-order valence-electron chi connectivity index (χ2n) is 9.04. The normalized spacial score (nSPS) is 19.9. The molecule has 0 N–H and O–H groups in total. The minimum absolute atomic E-state index is 0.00505. The van der Waals surface area contributed by atoms with Gasteiger partial charge in [0.15, 0.2) is 0 Å². The molecular weight excluding hydrogens is 480 g/mol. The fraction of sp³-hybridized carbons (Fsp3) is 0.346. The van der Waals surface area contributed by atoms with Crippen molar-refractivity contribution in [1.29, 1.82) is 0 Å². The molecule has 1 aromatic carbocycles. The van der Waals surface area contributed by atoms with Crippen LogP contribution in [0.1, 0.15) is 39.6 Å². The van der Waals surface area contributed by atoms with Gasteiger partial charge in [-0.05, 0) is 81.7 Å². The highest BCUT2D eigenvalue weighted by atomic mass is 79.9. The Morgan fingerprint density at radius 1 is 1.18 bits per heavy atom. The molecule has 3 aromatic rings. The summed E-state index contributed by atoms with van der Waals surface area (Å²) in [6, 6.07) is 12.2. The number of nitrogens with zero attached hydrogens (tertiary/aromatic N) is 4. The number of piperazine rings is 1. The first kappa shape index (κ1) is 22.3. The summed E-state index contributed by atoms with van der Waals surface area (Å²) in [6.45, 7) is 3.80. The molecule has 0 spiro atoms. The molecule has 6 nitrogen and oxygen atoms in total. The predicted molar refractivity (Wildman–Crippen MR) is 130 cm³/mol. The third-order valence-corrected chi connectivity index (χ3v) is 7.47. The van der Waals surface area contributed by atoms with Crippen LogP contribution in [0.4, 0.5) is 0 Å². The van der Waals surface area contributed by atoms with E-state index in [9.17, 15) is 10.0 Å². The lowest BCUT2D eigenvalue weighted by Crippen LogP contribution is -2.60. The summed E-state index contributed by atoms with van der Waals surface area (Å²) < 4.78 is 0.214. The SMILES string of the molecule is Cc1cccc2c1CCc1cc(Br)cnc1C2N1CC[N+]([O-])(C(=O)Cc2ccncc2)CC1. The molecule has 0 saturated carbocycles. The largest absolute Gasteiger partial charge is 0.625 e. The molecule has 1 amide bonds. The highest BCUT2D eigenvalue weighted by Gasteiger charge is 2.38. The summed E-state index contributed by atoms with van der Waals surface area (Å²) in [5.41, 5.74) is 7.09. The van der Waals surface area contributed by atoms with E-state index in [1.54, 1.807) is 24.5 Å². The Hall–Kier alpha value is -2.45. The number of hydrogen-bond donors (Lipinski definition) is 0. The van der Waals surface area contributed by atoms with Crippen molar-refractivity contribution in [2.24, 2.45) is 0 Å². The highest BCUT2D eigenvalue weighted by molar-refractivity contribution is 9.10. The molecule has 0 radical (unpaired) electrons. The maximum atomic E-state index is 13.4. The Kier molecular flexibility index (Phi) is 6.14. The number of carbonyl (C=O) groups excluding carboxylic acids is 1. The first-order valence-electron chi connectivity index (χ1n) is 11.4. The number of hydroxylamine groups is 3. The third-order valence-electron chi connectivity index (χ3n) is 7.03. The highest BCUT2D eigenvalue weighted by Crippen LogP contribution is 2.38. The van der Waals surface area contributed by atoms with Gasteiger partial charge in [-0.15, -0.1) is 0 Å². The number of aromatic nitrogens is 2. The Morgan fingerprint density at radius 3 is 2.70 bits per heavy atom. The van der Waals surface area contributed by atoms with E-state index < -0.39 is 4.65 Å². The summed E-state index contributed by atoms with van der Waals surface area (Å²) in [7, 11) is 0. The quantitative estimate of drug-likeness (QED) is 0.394. The van der Waals surface area contributed by atoms with Gasteiger partial charge >= 0.3 is 5.91 Å². The van der Waals surface area contributed by atoms with Crippen molar-refractivity contribution >= 4 is 21.8 Å². The van der Waals surface area contributed by atoms with E-state index in [0.717, 1.165) is 28.6 Å². The van der Waals surface area contributed by atoms with E-state index in [0.29, 0.717) is 13.1 Å². The summed E-state index contributed by atoms with van der Waals surface area (Å²) in [5.74, 6) is -0.277. The molecule has 2 aliphatic rings. The van der Waals surface area contributed by atoms with Crippen LogP contribution in [-0.4, -0.2) is 51.6 Å². The zero-order valence-electron chi connectivity index (χ0n) is 18.7. The van der Waals surface area contributed by atoms with Gasteiger partial charge in [0.1, 0.15) is 0 Å².